The third kappa shape index (κ3) is 2.79. The van der Waals surface area contributed by atoms with Crippen LogP contribution in [0.1, 0.15) is 24.2 Å². The molecule has 0 saturated carbocycles. The number of nitrogens with one attached hydrogen (secondary N) is 1. The van der Waals surface area contributed by atoms with E-state index in [4.69, 9.17) is 0 Å². The van der Waals surface area contributed by atoms with Gasteiger partial charge < -0.3 is 0 Å². The SMILES string of the molecule is CC(C)S(=O)(=O)Nc1ccc(F)c(C=O)c1F. The summed E-state index contributed by atoms with van der Waals surface area (Å²) in [6.45, 7) is 2.81. The molecule has 0 aromatic heterocycles. The topological polar surface area (TPSA) is 63.2 Å². The van der Waals surface area contributed by atoms with E-state index in [1.807, 2.05) is 4.72 Å². The first-order valence-electron chi connectivity index (χ1n) is 4.74. The van der Waals surface area contributed by atoms with E-state index >= 15 is 0 Å². The van der Waals surface area contributed by atoms with Crippen LogP contribution in [-0.2, 0) is 10.0 Å². The molecule has 0 fully saturated rings. The Bertz CT molecular complexity index is 541. The normalized spacial score (nSPS) is 11.6. The summed E-state index contributed by atoms with van der Waals surface area (Å²) < 4.78 is 51.4. The number of aldehydes is 1. The zero-order valence-corrected chi connectivity index (χ0v) is 10.0. The fraction of sp³-hybridized carbons (Fsp3) is 0.300. The van der Waals surface area contributed by atoms with Crippen LogP contribution in [0.2, 0.25) is 0 Å². The van der Waals surface area contributed by atoms with Crippen molar-refractivity contribution in [1.29, 1.82) is 0 Å². The van der Waals surface area contributed by atoms with Crippen LogP contribution in [0.3, 0.4) is 0 Å². The van der Waals surface area contributed by atoms with Gasteiger partial charge in [-0.25, -0.2) is 17.2 Å². The highest BCUT2D eigenvalue weighted by molar-refractivity contribution is 7.93. The van der Waals surface area contributed by atoms with Crippen molar-refractivity contribution >= 4 is 22.0 Å². The summed E-state index contributed by atoms with van der Waals surface area (Å²) in [5.41, 5.74) is -1.24. The van der Waals surface area contributed by atoms with Gasteiger partial charge in [0.2, 0.25) is 10.0 Å². The molecule has 1 aromatic rings. The molecule has 0 atom stereocenters. The molecule has 0 radical (unpaired) electrons. The van der Waals surface area contributed by atoms with Crippen LogP contribution in [-0.4, -0.2) is 20.0 Å². The molecule has 0 amide bonds. The van der Waals surface area contributed by atoms with E-state index < -0.39 is 38.2 Å². The van der Waals surface area contributed by atoms with Crippen LogP contribution in [0, 0.1) is 11.6 Å². The van der Waals surface area contributed by atoms with Crippen molar-refractivity contribution in [3.63, 3.8) is 0 Å². The van der Waals surface area contributed by atoms with E-state index in [0.717, 1.165) is 12.1 Å². The first-order chi connectivity index (χ1) is 7.79. The van der Waals surface area contributed by atoms with Crippen LogP contribution >= 0.6 is 0 Å². The highest BCUT2D eigenvalue weighted by Gasteiger charge is 2.20. The number of anilines is 1. The molecule has 1 N–H and O–H groups in total. The Balaban J connectivity index is 3.23. The van der Waals surface area contributed by atoms with Crippen molar-refractivity contribution in [2.24, 2.45) is 0 Å². The summed E-state index contributed by atoms with van der Waals surface area (Å²) in [5, 5.41) is -0.772. The summed E-state index contributed by atoms with van der Waals surface area (Å²) >= 11 is 0. The molecule has 0 aliphatic rings. The molecule has 0 saturated heterocycles. The smallest absolute Gasteiger partial charge is 0.235 e. The average Bonchev–Trinajstić information content (AvgIpc) is 2.23. The zero-order valence-electron chi connectivity index (χ0n) is 9.20. The summed E-state index contributed by atoms with van der Waals surface area (Å²) in [6, 6.07) is 1.75. The summed E-state index contributed by atoms with van der Waals surface area (Å²) in [4.78, 5) is 10.4. The highest BCUT2D eigenvalue weighted by atomic mass is 32.2. The minimum absolute atomic E-state index is 0.00214. The average molecular weight is 263 g/mol. The molecule has 0 spiro atoms. The number of halogens is 2. The van der Waals surface area contributed by atoms with Gasteiger partial charge in [0.05, 0.1) is 16.5 Å². The zero-order chi connectivity index (χ0) is 13.2. The molecule has 1 aromatic carbocycles. The van der Waals surface area contributed by atoms with Gasteiger partial charge in [0.1, 0.15) is 5.82 Å². The molecule has 94 valence electrons. The minimum atomic E-state index is -3.74. The van der Waals surface area contributed by atoms with E-state index in [-0.39, 0.29) is 6.29 Å². The summed E-state index contributed by atoms with van der Waals surface area (Å²) in [6.07, 6.45) is -0.00214. The number of hydrogen-bond acceptors (Lipinski definition) is 3. The van der Waals surface area contributed by atoms with Crippen molar-refractivity contribution in [2.45, 2.75) is 19.1 Å². The Morgan fingerprint density at radius 1 is 1.29 bits per heavy atom. The number of hydrogen-bond donors (Lipinski definition) is 1. The number of carbonyl (C=O) groups excluding carboxylic acids is 1. The van der Waals surface area contributed by atoms with Gasteiger partial charge in [-0.15, -0.1) is 0 Å². The van der Waals surface area contributed by atoms with Crippen LogP contribution in [0.15, 0.2) is 12.1 Å². The van der Waals surface area contributed by atoms with E-state index in [1.165, 1.54) is 13.8 Å². The number of sulfonamides is 1. The molecular formula is C10H11F2NO3S. The predicted molar refractivity (Wildman–Crippen MR) is 59.4 cm³/mol. The van der Waals surface area contributed by atoms with Crippen LogP contribution in [0.4, 0.5) is 14.5 Å². The molecular weight excluding hydrogens is 252 g/mol. The van der Waals surface area contributed by atoms with E-state index in [1.54, 1.807) is 0 Å². The monoisotopic (exact) mass is 263 g/mol. The third-order valence-electron chi connectivity index (χ3n) is 2.12. The quantitative estimate of drug-likeness (QED) is 0.844. The molecule has 17 heavy (non-hydrogen) atoms. The fourth-order valence-corrected chi connectivity index (χ4v) is 1.73. The lowest BCUT2D eigenvalue weighted by atomic mass is 10.2. The van der Waals surface area contributed by atoms with Crippen molar-refractivity contribution in [1.82, 2.24) is 0 Å². The van der Waals surface area contributed by atoms with Gasteiger partial charge in [0.15, 0.2) is 12.1 Å². The second-order valence-corrected chi connectivity index (χ2v) is 5.87. The van der Waals surface area contributed by atoms with Gasteiger partial charge in [-0.05, 0) is 26.0 Å². The fourth-order valence-electron chi connectivity index (χ4n) is 1.03. The Hall–Kier alpha value is -1.50. The second-order valence-electron chi connectivity index (χ2n) is 3.64. The van der Waals surface area contributed by atoms with Gasteiger partial charge in [0.25, 0.3) is 0 Å². The lowest BCUT2D eigenvalue weighted by molar-refractivity contribution is 0.111. The minimum Gasteiger partial charge on any atom is -0.298 e. The van der Waals surface area contributed by atoms with E-state index in [2.05, 4.69) is 0 Å². The Kier molecular flexibility index (Phi) is 3.82. The molecule has 1 rings (SSSR count). The van der Waals surface area contributed by atoms with Gasteiger partial charge in [-0.1, -0.05) is 0 Å². The second kappa shape index (κ2) is 4.79. The van der Waals surface area contributed by atoms with Gasteiger partial charge in [-0.3, -0.25) is 9.52 Å². The molecule has 0 aliphatic heterocycles. The molecule has 0 unspecified atom stereocenters. The maximum Gasteiger partial charge on any atom is 0.235 e. The first kappa shape index (κ1) is 13.6. The Morgan fingerprint density at radius 3 is 2.35 bits per heavy atom. The number of rotatable bonds is 4. The van der Waals surface area contributed by atoms with Crippen LogP contribution in [0.5, 0.6) is 0 Å². The lowest BCUT2D eigenvalue weighted by Crippen LogP contribution is -2.23. The van der Waals surface area contributed by atoms with Crippen molar-refractivity contribution < 1.29 is 22.0 Å². The molecule has 0 aliphatic carbocycles. The van der Waals surface area contributed by atoms with E-state index in [9.17, 15) is 22.0 Å². The van der Waals surface area contributed by atoms with Crippen molar-refractivity contribution in [2.75, 3.05) is 4.72 Å². The summed E-state index contributed by atoms with van der Waals surface area (Å²) in [5.74, 6) is -2.26. The first-order valence-corrected chi connectivity index (χ1v) is 6.29. The Morgan fingerprint density at radius 2 is 1.88 bits per heavy atom. The number of benzene rings is 1. The highest BCUT2D eigenvalue weighted by Crippen LogP contribution is 2.21. The van der Waals surface area contributed by atoms with E-state index in [0.29, 0.717) is 0 Å². The number of carbonyl (C=O) groups is 1. The summed E-state index contributed by atoms with van der Waals surface area (Å²) in [7, 11) is -3.74. The largest absolute Gasteiger partial charge is 0.298 e. The Labute approximate surface area is 97.7 Å². The maximum absolute atomic E-state index is 13.5. The maximum atomic E-state index is 13.5. The molecule has 7 heteroatoms. The standard InChI is InChI=1S/C10H11F2NO3S/c1-6(2)17(15,16)13-9-4-3-8(11)7(5-14)10(9)12/h3-6,13H,1-2H3. The molecule has 4 nitrogen and oxygen atoms in total. The van der Waals surface area contributed by atoms with Gasteiger partial charge in [0, 0.05) is 0 Å². The van der Waals surface area contributed by atoms with Crippen molar-refractivity contribution in [3.05, 3.63) is 29.3 Å². The predicted octanol–water partition coefficient (Wildman–Crippen LogP) is 1.93. The van der Waals surface area contributed by atoms with Gasteiger partial charge in [-0.2, -0.15) is 0 Å². The molecule has 0 heterocycles. The van der Waals surface area contributed by atoms with Crippen molar-refractivity contribution in [3.8, 4) is 0 Å². The third-order valence-corrected chi connectivity index (χ3v) is 3.86. The van der Waals surface area contributed by atoms with Crippen LogP contribution < -0.4 is 4.72 Å². The molecule has 0 bridgehead atoms. The van der Waals surface area contributed by atoms with Gasteiger partial charge >= 0.3 is 0 Å². The van der Waals surface area contributed by atoms with Crippen LogP contribution in [0.25, 0.3) is 0 Å². The lowest BCUT2D eigenvalue weighted by Gasteiger charge is -2.12.